The molecule has 3 aromatic rings. The molecular formula is C19H22N4. The lowest BCUT2D eigenvalue weighted by atomic mass is 9.94. The van der Waals surface area contributed by atoms with E-state index in [0.717, 1.165) is 24.4 Å². The normalized spacial score (nSPS) is 19.3. The molecule has 0 N–H and O–H groups in total. The Labute approximate surface area is 136 Å². The average molecular weight is 306 g/mol. The Hall–Kier alpha value is -2.20. The first-order valence-corrected chi connectivity index (χ1v) is 8.37. The molecule has 2 aromatic heterocycles. The molecule has 0 bridgehead atoms. The number of nitrogens with zero attached hydrogens (tertiary/aromatic N) is 4. The fourth-order valence-electron chi connectivity index (χ4n) is 3.62. The van der Waals surface area contributed by atoms with Gasteiger partial charge in [0.25, 0.3) is 0 Å². The van der Waals surface area contributed by atoms with Crippen molar-refractivity contribution >= 4 is 5.65 Å². The van der Waals surface area contributed by atoms with E-state index in [0.29, 0.717) is 5.92 Å². The molecule has 1 saturated heterocycles. The van der Waals surface area contributed by atoms with E-state index < -0.39 is 0 Å². The first-order chi connectivity index (χ1) is 11.3. The largest absolute Gasteiger partial charge is 0.298 e. The summed E-state index contributed by atoms with van der Waals surface area (Å²) < 4.78 is 2.03. The molecule has 4 nitrogen and oxygen atoms in total. The zero-order valence-electron chi connectivity index (χ0n) is 13.5. The Morgan fingerprint density at radius 1 is 1.17 bits per heavy atom. The first kappa shape index (κ1) is 14.4. The molecule has 1 aromatic carbocycles. The van der Waals surface area contributed by atoms with Crippen LogP contribution in [0, 0.1) is 6.92 Å². The number of rotatable bonds is 3. The molecule has 4 heteroatoms. The molecule has 1 aliphatic heterocycles. The fourth-order valence-corrected chi connectivity index (χ4v) is 3.62. The zero-order valence-corrected chi connectivity index (χ0v) is 13.5. The Morgan fingerprint density at radius 3 is 2.91 bits per heavy atom. The van der Waals surface area contributed by atoms with Gasteiger partial charge in [0, 0.05) is 31.3 Å². The Morgan fingerprint density at radius 2 is 2.04 bits per heavy atom. The molecule has 118 valence electrons. The second-order valence-corrected chi connectivity index (χ2v) is 6.49. The van der Waals surface area contributed by atoms with Gasteiger partial charge >= 0.3 is 0 Å². The number of piperidine rings is 1. The maximum absolute atomic E-state index is 4.63. The first-order valence-electron chi connectivity index (χ1n) is 8.37. The van der Waals surface area contributed by atoms with Crippen LogP contribution < -0.4 is 0 Å². The molecule has 0 saturated carbocycles. The van der Waals surface area contributed by atoms with Crippen LogP contribution in [0.3, 0.4) is 0 Å². The molecule has 4 rings (SSSR count). The van der Waals surface area contributed by atoms with E-state index in [-0.39, 0.29) is 0 Å². The lowest BCUT2D eigenvalue weighted by Crippen LogP contribution is -2.34. The average Bonchev–Trinajstić information content (AvgIpc) is 2.96. The predicted molar refractivity (Wildman–Crippen MR) is 91.4 cm³/mol. The molecule has 1 aliphatic rings. The summed E-state index contributed by atoms with van der Waals surface area (Å²) in [6.07, 6.45) is 4.38. The Bertz CT molecular complexity index is 793. The maximum atomic E-state index is 4.63. The predicted octanol–water partition coefficient (Wildman–Crippen LogP) is 3.42. The van der Waals surface area contributed by atoms with E-state index in [9.17, 15) is 0 Å². The van der Waals surface area contributed by atoms with E-state index in [1.165, 1.54) is 30.6 Å². The van der Waals surface area contributed by atoms with Gasteiger partial charge in [0.2, 0.25) is 0 Å². The highest BCUT2D eigenvalue weighted by molar-refractivity contribution is 5.40. The molecule has 0 unspecified atom stereocenters. The lowest BCUT2D eigenvalue weighted by molar-refractivity contribution is 0.197. The molecule has 0 spiro atoms. The van der Waals surface area contributed by atoms with Crippen molar-refractivity contribution in [3.8, 4) is 0 Å². The number of hydrogen-bond donors (Lipinski definition) is 0. The van der Waals surface area contributed by atoms with Crippen molar-refractivity contribution in [3.05, 3.63) is 65.6 Å². The Balaban J connectivity index is 1.56. The summed E-state index contributed by atoms with van der Waals surface area (Å²) in [7, 11) is 0. The quantitative estimate of drug-likeness (QED) is 0.743. The molecule has 23 heavy (non-hydrogen) atoms. The van der Waals surface area contributed by atoms with E-state index >= 15 is 0 Å². The van der Waals surface area contributed by atoms with E-state index in [1.807, 2.05) is 23.7 Å². The van der Waals surface area contributed by atoms with Gasteiger partial charge in [0.1, 0.15) is 0 Å². The van der Waals surface area contributed by atoms with Crippen molar-refractivity contribution in [2.75, 3.05) is 13.1 Å². The van der Waals surface area contributed by atoms with Crippen LogP contribution in [0.1, 0.15) is 35.7 Å². The van der Waals surface area contributed by atoms with Crippen molar-refractivity contribution in [2.45, 2.75) is 32.2 Å². The second kappa shape index (κ2) is 6.13. The van der Waals surface area contributed by atoms with Crippen molar-refractivity contribution in [1.29, 1.82) is 0 Å². The molecule has 0 radical (unpaired) electrons. The SMILES string of the molecule is Cc1cc2nccc([C@H]3CCCN(Cc4ccccc4)C3)n2n1. The number of hydrogen-bond acceptors (Lipinski definition) is 3. The summed E-state index contributed by atoms with van der Waals surface area (Å²) in [6.45, 7) is 5.33. The standard InChI is InChI=1S/C19H22N4/c1-15-12-19-20-10-9-18(23(19)21-15)17-8-5-11-22(14-17)13-16-6-3-2-4-7-16/h2-4,6-7,9-10,12,17H,5,8,11,13-14H2,1H3/t17-/m0/s1. The highest BCUT2D eigenvalue weighted by Gasteiger charge is 2.23. The number of benzene rings is 1. The number of aryl methyl sites for hydroxylation is 1. The van der Waals surface area contributed by atoms with Crippen LogP contribution in [0.15, 0.2) is 48.7 Å². The fraction of sp³-hybridized carbons (Fsp3) is 0.368. The third-order valence-electron chi connectivity index (χ3n) is 4.68. The smallest absolute Gasteiger partial charge is 0.155 e. The second-order valence-electron chi connectivity index (χ2n) is 6.49. The molecule has 1 atom stereocenters. The maximum Gasteiger partial charge on any atom is 0.155 e. The van der Waals surface area contributed by atoms with Crippen LogP contribution >= 0.6 is 0 Å². The summed E-state index contributed by atoms with van der Waals surface area (Å²) in [4.78, 5) is 6.99. The monoisotopic (exact) mass is 306 g/mol. The van der Waals surface area contributed by atoms with Crippen LogP contribution in [0.2, 0.25) is 0 Å². The molecule has 3 heterocycles. The van der Waals surface area contributed by atoms with Gasteiger partial charge in [-0.25, -0.2) is 9.50 Å². The zero-order chi connectivity index (χ0) is 15.6. The van der Waals surface area contributed by atoms with Gasteiger partial charge < -0.3 is 0 Å². The number of aromatic nitrogens is 3. The molecule has 0 amide bonds. The third-order valence-corrected chi connectivity index (χ3v) is 4.68. The minimum atomic E-state index is 0.525. The van der Waals surface area contributed by atoms with Crippen molar-refractivity contribution in [1.82, 2.24) is 19.5 Å². The number of fused-ring (bicyclic) bond motifs is 1. The van der Waals surface area contributed by atoms with Crippen molar-refractivity contribution < 1.29 is 0 Å². The Kier molecular flexibility index (Phi) is 3.83. The van der Waals surface area contributed by atoms with Gasteiger partial charge in [-0.05, 0) is 37.9 Å². The van der Waals surface area contributed by atoms with Gasteiger partial charge in [-0.15, -0.1) is 0 Å². The van der Waals surface area contributed by atoms with Gasteiger partial charge in [0.15, 0.2) is 5.65 Å². The van der Waals surface area contributed by atoms with E-state index in [1.54, 1.807) is 0 Å². The molecular weight excluding hydrogens is 284 g/mol. The van der Waals surface area contributed by atoms with Gasteiger partial charge in [-0.3, -0.25) is 4.90 Å². The third kappa shape index (κ3) is 2.99. The van der Waals surface area contributed by atoms with Gasteiger partial charge in [-0.1, -0.05) is 30.3 Å². The van der Waals surface area contributed by atoms with Crippen LogP contribution in [-0.2, 0) is 6.54 Å². The summed E-state index contributed by atoms with van der Waals surface area (Å²) >= 11 is 0. The topological polar surface area (TPSA) is 33.4 Å². The summed E-state index contributed by atoms with van der Waals surface area (Å²) in [5.74, 6) is 0.525. The van der Waals surface area contributed by atoms with Crippen LogP contribution in [0.4, 0.5) is 0 Å². The minimum absolute atomic E-state index is 0.525. The number of likely N-dealkylation sites (tertiary alicyclic amines) is 1. The summed E-state index contributed by atoms with van der Waals surface area (Å²) in [5, 5.41) is 4.63. The highest BCUT2D eigenvalue weighted by Crippen LogP contribution is 2.27. The van der Waals surface area contributed by atoms with Gasteiger partial charge in [0.05, 0.1) is 11.4 Å². The minimum Gasteiger partial charge on any atom is -0.298 e. The van der Waals surface area contributed by atoms with E-state index in [2.05, 4.69) is 51.4 Å². The van der Waals surface area contributed by atoms with E-state index in [4.69, 9.17) is 0 Å². The summed E-state index contributed by atoms with van der Waals surface area (Å²) in [6, 6.07) is 14.9. The van der Waals surface area contributed by atoms with Crippen molar-refractivity contribution in [2.24, 2.45) is 0 Å². The van der Waals surface area contributed by atoms with Crippen molar-refractivity contribution in [3.63, 3.8) is 0 Å². The molecule has 0 aliphatic carbocycles. The van der Waals surface area contributed by atoms with Crippen LogP contribution in [0.5, 0.6) is 0 Å². The van der Waals surface area contributed by atoms with Gasteiger partial charge in [-0.2, -0.15) is 5.10 Å². The lowest BCUT2D eigenvalue weighted by Gasteiger charge is -2.33. The summed E-state index contributed by atoms with van der Waals surface area (Å²) in [5.41, 5.74) is 4.67. The highest BCUT2D eigenvalue weighted by atomic mass is 15.3. The van der Waals surface area contributed by atoms with Crippen LogP contribution in [0.25, 0.3) is 5.65 Å². The molecule has 1 fully saturated rings. The van der Waals surface area contributed by atoms with Crippen LogP contribution in [-0.4, -0.2) is 32.6 Å².